The first-order chi connectivity index (χ1) is 8.75. The molecule has 1 heterocycles. The number of carbonyl (C=O) groups excluding carboxylic acids is 1. The summed E-state index contributed by atoms with van der Waals surface area (Å²) in [5.41, 5.74) is 4.10. The van der Waals surface area contributed by atoms with Crippen LogP contribution >= 0.6 is 0 Å². The summed E-state index contributed by atoms with van der Waals surface area (Å²) in [6, 6.07) is 10.6. The third-order valence-corrected chi connectivity index (χ3v) is 2.29. The molecule has 1 aromatic heterocycles. The lowest BCUT2D eigenvalue weighted by atomic mass is 10.2. The summed E-state index contributed by atoms with van der Waals surface area (Å²) in [5, 5.41) is 6.45. The van der Waals surface area contributed by atoms with Gasteiger partial charge in [-0.25, -0.2) is 10.2 Å². The van der Waals surface area contributed by atoms with E-state index in [0.717, 1.165) is 11.3 Å². The Hall–Kier alpha value is -2.56. The first kappa shape index (κ1) is 11.9. The fraction of sp³-hybridized carbons (Fsp3) is 0.0769. The van der Waals surface area contributed by atoms with Gasteiger partial charge < -0.3 is 9.73 Å². The molecule has 92 valence electrons. The highest BCUT2D eigenvalue weighted by atomic mass is 16.3. The third-order valence-electron chi connectivity index (χ3n) is 2.29. The second kappa shape index (κ2) is 5.67. The van der Waals surface area contributed by atoms with Crippen molar-refractivity contribution in [2.75, 3.05) is 5.32 Å². The molecule has 0 fully saturated rings. The van der Waals surface area contributed by atoms with E-state index in [-0.39, 0.29) is 0 Å². The summed E-state index contributed by atoms with van der Waals surface area (Å²) in [6.07, 6.45) is 2.96. The molecule has 0 saturated carbocycles. The van der Waals surface area contributed by atoms with E-state index in [4.69, 9.17) is 4.42 Å². The minimum absolute atomic E-state index is 0.396. The molecule has 0 bridgehead atoms. The van der Waals surface area contributed by atoms with Crippen LogP contribution in [0.25, 0.3) is 0 Å². The molecule has 0 aliphatic heterocycles. The van der Waals surface area contributed by atoms with Crippen LogP contribution in [0.3, 0.4) is 0 Å². The number of aryl methyl sites for hydroxylation is 1. The Morgan fingerprint density at radius 3 is 2.83 bits per heavy atom. The van der Waals surface area contributed by atoms with Crippen molar-refractivity contribution >= 4 is 17.9 Å². The quantitative estimate of drug-likeness (QED) is 0.643. The molecule has 18 heavy (non-hydrogen) atoms. The van der Waals surface area contributed by atoms with Gasteiger partial charge >= 0.3 is 6.03 Å². The van der Waals surface area contributed by atoms with Gasteiger partial charge in [-0.05, 0) is 30.7 Å². The maximum Gasteiger partial charge on any atom is 0.339 e. The fourth-order valence-electron chi connectivity index (χ4n) is 1.38. The van der Waals surface area contributed by atoms with Crippen LogP contribution in [0, 0.1) is 6.92 Å². The van der Waals surface area contributed by atoms with E-state index >= 15 is 0 Å². The van der Waals surface area contributed by atoms with Crippen LogP contribution in [0.15, 0.2) is 52.2 Å². The summed E-state index contributed by atoms with van der Waals surface area (Å²) in [5.74, 6) is 0.575. The molecule has 1 aromatic carbocycles. The van der Waals surface area contributed by atoms with E-state index in [1.807, 2.05) is 31.2 Å². The lowest BCUT2D eigenvalue weighted by Gasteiger charge is -2.06. The number of hydrogen-bond donors (Lipinski definition) is 2. The van der Waals surface area contributed by atoms with Crippen molar-refractivity contribution < 1.29 is 9.21 Å². The molecule has 2 amide bonds. The molecule has 0 saturated heterocycles. The molecule has 5 nitrogen and oxygen atoms in total. The van der Waals surface area contributed by atoms with Crippen LogP contribution in [-0.4, -0.2) is 12.2 Å². The van der Waals surface area contributed by atoms with Crippen molar-refractivity contribution in [3.63, 3.8) is 0 Å². The topological polar surface area (TPSA) is 66.6 Å². The first-order valence-electron chi connectivity index (χ1n) is 5.45. The SMILES string of the molecule is Cc1ccccc1NC(=O)N/N=C\c1ccco1. The second-order valence-corrected chi connectivity index (χ2v) is 3.65. The smallest absolute Gasteiger partial charge is 0.339 e. The van der Waals surface area contributed by atoms with E-state index < -0.39 is 6.03 Å². The number of urea groups is 1. The van der Waals surface area contributed by atoms with Crippen LogP contribution < -0.4 is 10.7 Å². The highest BCUT2D eigenvalue weighted by Gasteiger charge is 2.01. The van der Waals surface area contributed by atoms with Gasteiger partial charge in [0.15, 0.2) is 0 Å². The molecule has 0 aliphatic rings. The first-order valence-corrected chi connectivity index (χ1v) is 5.45. The Morgan fingerprint density at radius 1 is 1.28 bits per heavy atom. The van der Waals surface area contributed by atoms with E-state index in [0.29, 0.717) is 5.76 Å². The zero-order valence-corrected chi connectivity index (χ0v) is 9.88. The Bertz CT molecular complexity index is 547. The van der Waals surface area contributed by atoms with Gasteiger partial charge in [0.25, 0.3) is 0 Å². The van der Waals surface area contributed by atoms with Gasteiger partial charge in [-0.3, -0.25) is 0 Å². The molecule has 0 atom stereocenters. The molecular formula is C13H13N3O2. The molecular weight excluding hydrogens is 230 g/mol. The molecule has 0 aliphatic carbocycles. The van der Waals surface area contributed by atoms with Crippen molar-refractivity contribution in [2.45, 2.75) is 6.92 Å². The molecule has 5 heteroatoms. The van der Waals surface area contributed by atoms with Crippen LogP contribution in [0.2, 0.25) is 0 Å². The highest BCUT2D eigenvalue weighted by Crippen LogP contribution is 2.12. The number of carbonyl (C=O) groups is 1. The number of anilines is 1. The Morgan fingerprint density at radius 2 is 2.11 bits per heavy atom. The number of benzene rings is 1. The zero-order valence-electron chi connectivity index (χ0n) is 9.88. The minimum Gasteiger partial charge on any atom is -0.463 e. The molecule has 0 unspecified atom stereocenters. The summed E-state index contributed by atoms with van der Waals surface area (Å²) in [7, 11) is 0. The largest absolute Gasteiger partial charge is 0.463 e. The van der Waals surface area contributed by atoms with Crippen LogP contribution in [-0.2, 0) is 0 Å². The normalized spacial score (nSPS) is 10.5. The van der Waals surface area contributed by atoms with Crippen molar-refractivity contribution in [2.24, 2.45) is 5.10 Å². The van der Waals surface area contributed by atoms with Crippen LogP contribution in [0.1, 0.15) is 11.3 Å². The summed E-state index contributed by atoms with van der Waals surface area (Å²) in [4.78, 5) is 11.5. The molecule has 2 N–H and O–H groups in total. The van der Waals surface area contributed by atoms with E-state index in [9.17, 15) is 4.79 Å². The Labute approximate surface area is 105 Å². The van der Waals surface area contributed by atoms with Crippen LogP contribution in [0.4, 0.5) is 10.5 Å². The maximum atomic E-state index is 11.5. The average molecular weight is 243 g/mol. The summed E-state index contributed by atoms with van der Waals surface area (Å²) < 4.78 is 5.03. The Kier molecular flexibility index (Phi) is 3.76. The second-order valence-electron chi connectivity index (χ2n) is 3.65. The third kappa shape index (κ3) is 3.21. The highest BCUT2D eigenvalue weighted by molar-refractivity contribution is 5.90. The van der Waals surface area contributed by atoms with Gasteiger partial charge in [0.1, 0.15) is 5.76 Å². The lowest BCUT2D eigenvalue weighted by molar-refractivity contribution is 0.252. The van der Waals surface area contributed by atoms with Gasteiger partial charge in [0, 0.05) is 5.69 Å². The van der Waals surface area contributed by atoms with Crippen molar-refractivity contribution in [3.05, 3.63) is 54.0 Å². The number of nitrogens with one attached hydrogen (secondary N) is 2. The number of furan rings is 1. The average Bonchev–Trinajstić information content (AvgIpc) is 2.85. The summed E-state index contributed by atoms with van der Waals surface area (Å²) >= 11 is 0. The maximum absolute atomic E-state index is 11.5. The predicted molar refractivity (Wildman–Crippen MR) is 69.6 cm³/mol. The van der Waals surface area contributed by atoms with E-state index in [1.54, 1.807) is 12.1 Å². The molecule has 0 radical (unpaired) electrons. The molecule has 2 rings (SSSR count). The number of rotatable bonds is 3. The predicted octanol–water partition coefficient (Wildman–Crippen LogP) is 2.74. The van der Waals surface area contributed by atoms with Crippen molar-refractivity contribution in [1.82, 2.24) is 5.43 Å². The Balaban J connectivity index is 1.88. The summed E-state index contributed by atoms with van der Waals surface area (Å²) in [6.45, 7) is 1.92. The zero-order chi connectivity index (χ0) is 12.8. The fourth-order valence-corrected chi connectivity index (χ4v) is 1.38. The van der Waals surface area contributed by atoms with E-state index in [2.05, 4.69) is 15.8 Å². The number of hydrazone groups is 1. The molecule has 2 aromatic rings. The van der Waals surface area contributed by atoms with Gasteiger partial charge in [0.2, 0.25) is 0 Å². The monoisotopic (exact) mass is 243 g/mol. The standard InChI is InChI=1S/C13H13N3O2/c1-10-5-2-3-7-12(10)15-13(17)16-14-9-11-6-4-8-18-11/h2-9H,1H3,(H2,15,16,17)/b14-9-. The number of nitrogens with zero attached hydrogens (tertiary/aromatic N) is 1. The van der Waals surface area contributed by atoms with Gasteiger partial charge in [-0.15, -0.1) is 0 Å². The molecule has 0 spiro atoms. The van der Waals surface area contributed by atoms with Crippen molar-refractivity contribution in [3.8, 4) is 0 Å². The number of hydrogen-bond acceptors (Lipinski definition) is 3. The number of para-hydroxylation sites is 1. The van der Waals surface area contributed by atoms with Gasteiger partial charge in [0.05, 0.1) is 12.5 Å². The van der Waals surface area contributed by atoms with E-state index in [1.165, 1.54) is 12.5 Å². The van der Waals surface area contributed by atoms with Crippen molar-refractivity contribution in [1.29, 1.82) is 0 Å². The minimum atomic E-state index is -0.396. The lowest BCUT2D eigenvalue weighted by Crippen LogP contribution is -2.24. The number of amides is 2. The van der Waals surface area contributed by atoms with Crippen LogP contribution in [0.5, 0.6) is 0 Å². The van der Waals surface area contributed by atoms with Gasteiger partial charge in [-0.2, -0.15) is 5.10 Å². The van der Waals surface area contributed by atoms with Gasteiger partial charge in [-0.1, -0.05) is 18.2 Å².